The molecule has 0 fully saturated rings. The first-order valence-corrected chi connectivity index (χ1v) is 8.27. The second-order valence-corrected chi connectivity index (χ2v) is 6.07. The van der Waals surface area contributed by atoms with Crippen LogP contribution in [0.25, 0.3) is 0 Å². The number of methoxy groups -OCH3 is 1. The van der Waals surface area contributed by atoms with Crippen molar-refractivity contribution in [1.29, 1.82) is 0 Å². The first-order chi connectivity index (χ1) is 11.5. The van der Waals surface area contributed by atoms with Crippen LogP contribution in [-0.2, 0) is 4.79 Å². The first-order valence-electron chi connectivity index (χ1n) is 7.52. The Morgan fingerprint density at radius 1 is 1.12 bits per heavy atom. The number of anilines is 1. The molecule has 24 heavy (non-hydrogen) atoms. The average Bonchev–Trinajstić information content (AvgIpc) is 2.55. The smallest absolute Gasteiger partial charge is 0.224 e. The molecular formula is C18H19Cl2NO3. The minimum Gasteiger partial charge on any atom is -0.495 e. The van der Waals surface area contributed by atoms with E-state index in [1.165, 1.54) is 0 Å². The third kappa shape index (κ3) is 5.32. The second kappa shape index (κ2) is 8.81. The Morgan fingerprint density at radius 2 is 1.92 bits per heavy atom. The van der Waals surface area contributed by atoms with Gasteiger partial charge in [0.05, 0.1) is 18.7 Å². The van der Waals surface area contributed by atoms with Crippen LogP contribution in [0.2, 0.25) is 10.0 Å². The Balaban J connectivity index is 1.75. The molecule has 0 heterocycles. The van der Waals surface area contributed by atoms with Crippen molar-refractivity contribution in [2.24, 2.45) is 0 Å². The van der Waals surface area contributed by atoms with Crippen molar-refractivity contribution >= 4 is 34.8 Å². The first kappa shape index (κ1) is 18.4. The number of ether oxygens (including phenoxy) is 2. The molecule has 1 N–H and O–H groups in total. The highest BCUT2D eigenvalue weighted by atomic mass is 35.5. The lowest BCUT2D eigenvalue weighted by Crippen LogP contribution is -2.12. The molecule has 4 nitrogen and oxygen atoms in total. The molecule has 2 rings (SSSR count). The molecule has 0 unspecified atom stereocenters. The zero-order chi connectivity index (χ0) is 17.5. The Bertz CT molecular complexity index is 719. The van der Waals surface area contributed by atoms with E-state index in [1.807, 2.05) is 19.1 Å². The zero-order valence-corrected chi connectivity index (χ0v) is 15.1. The summed E-state index contributed by atoms with van der Waals surface area (Å²) in [6, 6.07) is 10.6. The van der Waals surface area contributed by atoms with Crippen molar-refractivity contribution in [1.82, 2.24) is 0 Å². The van der Waals surface area contributed by atoms with Crippen molar-refractivity contribution < 1.29 is 14.3 Å². The second-order valence-electron chi connectivity index (χ2n) is 5.26. The van der Waals surface area contributed by atoms with Crippen molar-refractivity contribution in [2.75, 3.05) is 19.0 Å². The SMILES string of the molecule is COc1ccc(NC(=O)CCCOc2ccc(Cl)c(C)c2)cc1Cl. The highest BCUT2D eigenvalue weighted by Crippen LogP contribution is 2.27. The van der Waals surface area contributed by atoms with Crippen LogP contribution in [0.5, 0.6) is 11.5 Å². The molecule has 0 aliphatic carbocycles. The maximum Gasteiger partial charge on any atom is 0.224 e. The van der Waals surface area contributed by atoms with Crippen LogP contribution in [-0.4, -0.2) is 19.6 Å². The van der Waals surface area contributed by atoms with Gasteiger partial charge >= 0.3 is 0 Å². The van der Waals surface area contributed by atoms with Gasteiger partial charge in [-0.1, -0.05) is 23.2 Å². The summed E-state index contributed by atoms with van der Waals surface area (Å²) in [6.07, 6.45) is 0.966. The largest absolute Gasteiger partial charge is 0.495 e. The Kier molecular flexibility index (Phi) is 6.76. The molecule has 2 aromatic carbocycles. The van der Waals surface area contributed by atoms with Gasteiger partial charge in [0.2, 0.25) is 5.91 Å². The van der Waals surface area contributed by atoms with Crippen molar-refractivity contribution in [2.45, 2.75) is 19.8 Å². The minimum atomic E-state index is -0.0906. The van der Waals surface area contributed by atoms with Gasteiger partial charge in [0.25, 0.3) is 0 Å². The van der Waals surface area contributed by atoms with E-state index in [2.05, 4.69) is 5.32 Å². The molecule has 2 aromatic rings. The predicted molar refractivity (Wildman–Crippen MR) is 97.6 cm³/mol. The normalized spacial score (nSPS) is 10.3. The number of rotatable bonds is 7. The van der Waals surface area contributed by atoms with E-state index in [4.69, 9.17) is 32.7 Å². The maximum atomic E-state index is 11.9. The molecule has 0 spiro atoms. The third-order valence-corrected chi connectivity index (χ3v) is 4.10. The summed E-state index contributed by atoms with van der Waals surface area (Å²) >= 11 is 12.0. The summed E-state index contributed by atoms with van der Waals surface area (Å²) in [5.41, 5.74) is 1.60. The van der Waals surface area contributed by atoms with E-state index in [-0.39, 0.29) is 5.91 Å². The van der Waals surface area contributed by atoms with Crippen LogP contribution < -0.4 is 14.8 Å². The van der Waals surface area contributed by atoms with Crippen LogP contribution in [0.3, 0.4) is 0 Å². The van der Waals surface area contributed by atoms with Gasteiger partial charge in [-0.3, -0.25) is 4.79 Å². The topological polar surface area (TPSA) is 47.6 Å². The van der Waals surface area contributed by atoms with Gasteiger partial charge in [-0.15, -0.1) is 0 Å². The van der Waals surface area contributed by atoms with Gasteiger partial charge in [-0.25, -0.2) is 0 Å². The number of aryl methyl sites for hydroxylation is 1. The molecule has 1 amide bonds. The maximum absolute atomic E-state index is 11.9. The Morgan fingerprint density at radius 3 is 2.58 bits per heavy atom. The highest BCUT2D eigenvalue weighted by Gasteiger charge is 2.06. The van der Waals surface area contributed by atoms with Crippen molar-refractivity contribution in [3.05, 3.63) is 52.0 Å². The molecule has 6 heteroatoms. The molecule has 0 atom stereocenters. The fourth-order valence-corrected chi connectivity index (χ4v) is 2.47. The summed E-state index contributed by atoms with van der Waals surface area (Å²) in [5.74, 6) is 1.23. The standard InChI is InChI=1S/C18H19Cl2NO3/c1-12-10-14(6-7-15(12)19)24-9-3-4-18(22)21-13-5-8-17(23-2)16(20)11-13/h5-8,10-11H,3-4,9H2,1-2H3,(H,21,22). The molecule has 0 aromatic heterocycles. The predicted octanol–water partition coefficient (Wildman–Crippen LogP) is 5.11. The van der Waals surface area contributed by atoms with E-state index < -0.39 is 0 Å². The van der Waals surface area contributed by atoms with E-state index >= 15 is 0 Å². The summed E-state index contributed by atoms with van der Waals surface area (Å²) in [6.45, 7) is 2.38. The summed E-state index contributed by atoms with van der Waals surface area (Å²) in [5, 5.41) is 3.96. The number of benzene rings is 2. The third-order valence-electron chi connectivity index (χ3n) is 3.38. The number of carbonyl (C=O) groups excluding carboxylic acids is 1. The average molecular weight is 368 g/mol. The van der Waals surface area contributed by atoms with E-state index in [0.717, 1.165) is 11.3 Å². The summed E-state index contributed by atoms with van der Waals surface area (Å²) < 4.78 is 10.7. The number of amides is 1. The van der Waals surface area contributed by atoms with Crippen LogP contribution in [0.4, 0.5) is 5.69 Å². The van der Waals surface area contributed by atoms with Gasteiger partial charge in [-0.05, 0) is 55.3 Å². The lowest BCUT2D eigenvalue weighted by molar-refractivity contribution is -0.116. The fourth-order valence-electron chi connectivity index (χ4n) is 2.10. The minimum absolute atomic E-state index is 0.0906. The van der Waals surface area contributed by atoms with E-state index in [9.17, 15) is 4.79 Å². The van der Waals surface area contributed by atoms with Gasteiger partial charge in [-0.2, -0.15) is 0 Å². The van der Waals surface area contributed by atoms with Crippen molar-refractivity contribution in [3.63, 3.8) is 0 Å². The number of hydrogen-bond acceptors (Lipinski definition) is 3. The van der Waals surface area contributed by atoms with Gasteiger partial charge in [0.15, 0.2) is 0 Å². The Labute approximate surface area is 151 Å². The van der Waals surface area contributed by atoms with Crippen LogP contribution >= 0.6 is 23.2 Å². The quantitative estimate of drug-likeness (QED) is 0.691. The molecule has 0 radical (unpaired) electrons. The number of hydrogen-bond donors (Lipinski definition) is 1. The highest BCUT2D eigenvalue weighted by molar-refractivity contribution is 6.32. The lowest BCUT2D eigenvalue weighted by atomic mass is 10.2. The van der Waals surface area contributed by atoms with Crippen LogP contribution in [0.15, 0.2) is 36.4 Å². The molecule has 0 aliphatic heterocycles. The van der Waals surface area contributed by atoms with E-state index in [0.29, 0.717) is 40.9 Å². The Hall–Kier alpha value is -1.91. The van der Waals surface area contributed by atoms with Crippen LogP contribution in [0, 0.1) is 6.92 Å². The lowest BCUT2D eigenvalue weighted by Gasteiger charge is -2.09. The molecule has 0 saturated heterocycles. The molecule has 0 bridgehead atoms. The number of carbonyl (C=O) groups is 1. The number of nitrogens with one attached hydrogen (secondary N) is 1. The van der Waals surface area contributed by atoms with E-state index in [1.54, 1.807) is 31.4 Å². The number of halogens is 2. The summed E-state index contributed by atoms with van der Waals surface area (Å²) in [4.78, 5) is 11.9. The molecule has 0 aliphatic rings. The summed E-state index contributed by atoms with van der Waals surface area (Å²) in [7, 11) is 1.54. The van der Waals surface area contributed by atoms with Crippen LogP contribution in [0.1, 0.15) is 18.4 Å². The zero-order valence-electron chi connectivity index (χ0n) is 13.6. The molecule has 128 valence electrons. The van der Waals surface area contributed by atoms with Crippen molar-refractivity contribution in [3.8, 4) is 11.5 Å². The fraction of sp³-hybridized carbons (Fsp3) is 0.278. The molecule has 0 saturated carbocycles. The van der Waals surface area contributed by atoms with Gasteiger partial charge in [0.1, 0.15) is 11.5 Å². The monoisotopic (exact) mass is 367 g/mol. The molecular weight excluding hydrogens is 349 g/mol. The van der Waals surface area contributed by atoms with Gasteiger partial charge in [0, 0.05) is 17.1 Å². The van der Waals surface area contributed by atoms with Gasteiger partial charge < -0.3 is 14.8 Å².